The SMILES string of the molecule is CC(C)C(NC1CCOCC1)C(=O)NC1CCN(C2CCCC2)C1. The van der Waals surface area contributed by atoms with Crippen LogP contribution in [-0.2, 0) is 9.53 Å². The lowest BCUT2D eigenvalue weighted by Gasteiger charge is -2.31. The Hall–Kier alpha value is -0.650. The van der Waals surface area contributed by atoms with Crippen molar-refractivity contribution in [2.75, 3.05) is 26.3 Å². The van der Waals surface area contributed by atoms with Gasteiger partial charge in [0.15, 0.2) is 0 Å². The van der Waals surface area contributed by atoms with Crippen LogP contribution in [-0.4, -0.2) is 61.3 Å². The normalized spacial score (nSPS) is 28.5. The van der Waals surface area contributed by atoms with Crippen LogP contribution in [0.4, 0.5) is 0 Å². The van der Waals surface area contributed by atoms with Crippen molar-refractivity contribution in [1.82, 2.24) is 15.5 Å². The number of amides is 1. The molecule has 2 N–H and O–H groups in total. The molecular formula is C19H35N3O2. The second-order valence-electron chi connectivity index (χ2n) is 8.20. The lowest BCUT2D eigenvalue weighted by molar-refractivity contribution is -0.125. The van der Waals surface area contributed by atoms with Crippen LogP contribution in [0.15, 0.2) is 0 Å². The van der Waals surface area contributed by atoms with Crippen LogP contribution in [0, 0.1) is 5.92 Å². The van der Waals surface area contributed by atoms with E-state index in [1.54, 1.807) is 0 Å². The molecule has 2 atom stereocenters. The van der Waals surface area contributed by atoms with Gasteiger partial charge in [0.2, 0.25) is 5.91 Å². The second-order valence-corrected chi connectivity index (χ2v) is 8.20. The molecule has 3 rings (SSSR count). The molecule has 138 valence electrons. The average Bonchev–Trinajstić information content (AvgIpc) is 3.24. The fourth-order valence-corrected chi connectivity index (χ4v) is 4.49. The highest BCUT2D eigenvalue weighted by atomic mass is 16.5. The van der Waals surface area contributed by atoms with Gasteiger partial charge >= 0.3 is 0 Å². The van der Waals surface area contributed by atoms with Crippen molar-refractivity contribution in [3.05, 3.63) is 0 Å². The van der Waals surface area contributed by atoms with Gasteiger partial charge in [0.1, 0.15) is 0 Å². The van der Waals surface area contributed by atoms with Gasteiger partial charge in [-0.2, -0.15) is 0 Å². The van der Waals surface area contributed by atoms with Crippen LogP contribution in [0.1, 0.15) is 58.8 Å². The van der Waals surface area contributed by atoms with E-state index in [0.29, 0.717) is 18.0 Å². The van der Waals surface area contributed by atoms with Gasteiger partial charge in [0.25, 0.3) is 0 Å². The molecule has 1 aliphatic carbocycles. The Morgan fingerprint density at radius 1 is 1.04 bits per heavy atom. The van der Waals surface area contributed by atoms with Gasteiger partial charge in [-0.1, -0.05) is 26.7 Å². The number of hydrogen-bond acceptors (Lipinski definition) is 4. The van der Waals surface area contributed by atoms with E-state index in [1.807, 2.05) is 0 Å². The molecule has 2 aliphatic heterocycles. The molecule has 24 heavy (non-hydrogen) atoms. The predicted molar refractivity (Wildman–Crippen MR) is 96.0 cm³/mol. The van der Waals surface area contributed by atoms with Crippen LogP contribution < -0.4 is 10.6 Å². The van der Waals surface area contributed by atoms with E-state index in [-0.39, 0.29) is 11.9 Å². The summed E-state index contributed by atoms with van der Waals surface area (Å²) in [5, 5.41) is 6.92. The molecule has 0 radical (unpaired) electrons. The van der Waals surface area contributed by atoms with Crippen molar-refractivity contribution in [2.24, 2.45) is 5.92 Å². The first-order valence-corrected chi connectivity index (χ1v) is 10.0. The first-order valence-electron chi connectivity index (χ1n) is 10.0. The van der Waals surface area contributed by atoms with E-state index in [9.17, 15) is 4.79 Å². The van der Waals surface area contributed by atoms with Crippen molar-refractivity contribution >= 4 is 5.91 Å². The topological polar surface area (TPSA) is 53.6 Å². The van der Waals surface area contributed by atoms with Crippen molar-refractivity contribution in [3.8, 4) is 0 Å². The van der Waals surface area contributed by atoms with Crippen LogP contribution in [0.5, 0.6) is 0 Å². The maximum Gasteiger partial charge on any atom is 0.237 e. The third-order valence-corrected chi connectivity index (χ3v) is 5.99. The molecule has 5 heteroatoms. The standard InChI is InChI=1S/C19H35N3O2/c1-14(2)18(20-15-8-11-24-12-9-15)19(23)21-16-7-10-22(13-16)17-5-3-4-6-17/h14-18,20H,3-13H2,1-2H3,(H,21,23). The van der Waals surface area contributed by atoms with E-state index >= 15 is 0 Å². The van der Waals surface area contributed by atoms with Gasteiger partial charge in [-0.3, -0.25) is 9.69 Å². The average molecular weight is 338 g/mol. The largest absolute Gasteiger partial charge is 0.381 e. The highest BCUT2D eigenvalue weighted by molar-refractivity contribution is 5.82. The Morgan fingerprint density at radius 3 is 2.42 bits per heavy atom. The number of carbonyl (C=O) groups is 1. The molecule has 0 aromatic heterocycles. The first-order chi connectivity index (χ1) is 11.6. The summed E-state index contributed by atoms with van der Waals surface area (Å²) in [5.41, 5.74) is 0. The number of carbonyl (C=O) groups excluding carboxylic acids is 1. The lowest BCUT2D eigenvalue weighted by atomic mass is 9.99. The van der Waals surface area contributed by atoms with E-state index in [4.69, 9.17) is 4.74 Å². The van der Waals surface area contributed by atoms with Gasteiger partial charge in [0, 0.05) is 44.4 Å². The first kappa shape index (κ1) is 18.2. The number of ether oxygens (including phenoxy) is 1. The van der Waals surface area contributed by atoms with Crippen molar-refractivity contribution < 1.29 is 9.53 Å². The van der Waals surface area contributed by atoms with Crippen molar-refractivity contribution in [2.45, 2.75) is 83.0 Å². The zero-order chi connectivity index (χ0) is 16.9. The molecule has 2 saturated heterocycles. The molecule has 0 aromatic rings. The summed E-state index contributed by atoms with van der Waals surface area (Å²) in [4.78, 5) is 15.4. The molecule has 0 aromatic carbocycles. The maximum atomic E-state index is 12.8. The smallest absolute Gasteiger partial charge is 0.237 e. The van der Waals surface area contributed by atoms with Crippen molar-refractivity contribution in [3.63, 3.8) is 0 Å². The van der Waals surface area contributed by atoms with Gasteiger partial charge in [0.05, 0.1) is 6.04 Å². The zero-order valence-electron chi connectivity index (χ0n) is 15.4. The van der Waals surface area contributed by atoms with Crippen LogP contribution >= 0.6 is 0 Å². The quantitative estimate of drug-likeness (QED) is 0.777. The summed E-state index contributed by atoms with van der Waals surface area (Å²) in [6.45, 7) is 8.08. The summed E-state index contributed by atoms with van der Waals surface area (Å²) in [7, 11) is 0. The Labute approximate surface area is 146 Å². The van der Waals surface area contributed by atoms with Gasteiger partial charge in [-0.15, -0.1) is 0 Å². The Morgan fingerprint density at radius 2 is 1.75 bits per heavy atom. The second kappa shape index (κ2) is 8.63. The zero-order valence-corrected chi connectivity index (χ0v) is 15.4. The molecule has 1 amide bonds. The number of likely N-dealkylation sites (tertiary alicyclic amines) is 1. The highest BCUT2D eigenvalue weighted by Gasteiger charge is 2.33. The fraction of sp³-hybridized carbons (Fsp3) is 0.947. The molecular weight excluding hydrogens is 302 g/mol. The molecule has 3 aliphatic rings. The highest BCUT2D eigenvalue weighted by Crippen LogP contribution is 2.26. The molecule has 2 heterocycles. The Balaban J connectivity index is 1.48. The summed E-state index contributed by atoms with van der Waals surface area (Å²) in [6.07, 6.45) is 8.57. The minimum atomic E-state index is -0.0892. The van der Waals surface area contributed by atoms with Gasteiger partial charge in [-0.25, -0.2) is 0 Å². The number of hydrogen-bond donors (Lipinski definition) is 2. The molecule has 5 nitrogen and oxygen atoms in total. The number of nitrogens with one attached hydrogen (secondary N) is 2. The molecule has 0 spiro atoms. The summed E-state index contributed by atoms with van der Waals surface area (Å²) in [5.74, 6) is 0.495. The van der Waals surface area contributed by atoms with E-state index in [0.717, 1.165) is 51.6 Å². The summed E-state index contributed by atoms with van der Waals surface area (Å²) in [6, 6.07) is 1.42. The third kappa shape index (κ3) is 4.70. The van der Waals surface area contributed by atoms with E-state index < -0.39 is 0 Å². The van der Waals surface area contributed by atoms with Crippen LogP contribution in [0.25, 0.3) is 0 Å². The molecule has 0 bridgehead atoms. The minimum Gasteiger partial charge on any atom is -0.381 e. The van der Waals surface area contributed by atoms with Gasteiger partial charge < -0.3 is 15.4 Å². The van der Waals surface area contributed by atoms with Crippen molar-refractivity contribution in [1.29, 1.82) is 0 Å². The Kier molecular flexibility index (Phi) is 6.53. The van der Waals surface area contributed by atoms with E-state index in [1.165, 1.54) is 25.7 Å². The van der Waals surface area contributed by atoms with Gasteiger partial charge in [-0.05, 0) is 38.0 Å². The predicted octanol–water partition coefficient (Wildman–Crippen LogP) is 1.91. The lowest BCUT2D eigenvalue weighted by Crippen LogP contribution is -2.54. The molecule has 2 unspecified atom stereocenters. The third-order valence-electron chi connectivity index (χ3n) is 5.99. The monoisotopic (exact) mass is 337 g/mol. The summed E-state index contributed by atoms with van der Waals surface area (Å²) < 4.78 is 5.42. The molecule has 1 saturated carbocycles. The van der Waals surface area contributed by atoms with Crippen LogP contribution in [0.3, 0.4) is 0 Å². The van der Waals surface area contributed by atoms with E-state index in [2.05, 4.69) is 29.4 Å². The van der Waals surface area contributed by atoms with Crippen LogP contribution in [0.2, 0.25) is 0 Å². The Bertz CT molecular complexity index is 403. The number of rotatable bonds is 6. The summed E-state index contributed by atoms with van der Waals surface area (Å²) >= 11 is 0. The maximum absolute atomic E-state index is 12.8. The molecule has 3 fully saturated rings. The number of nitrogens with zero attached hydrogens (tertiary/aromatic N) is 1. The fourth-order valence-electron chi connectivity index (χ4n) is 4.49. The minimum absolute atomic E-state index is 0.0892.